The van der Waals surface area contributed by atoms with Gasteiger partial charge in [-0.15, -0.1) is 0 Å². The first-order valence-corrected chi connectivity index (χ1v) is 4.25. The molecule has 0 spiro atoms. The van der Waals surface area contributed by atoms with Crippen molar-refractivity contribution in [1.82, 2.24) is 0 Å². The Hall–Kier alpha value is -2.36. The second kappa shape index (κ2) is 7.99. The number of oxime groups is 1. The molecule has 0 bridgehead atoms. The van der Waals surface area contributed by atoms with Gasteiger partial charge >= 0.3 is 12.1 Å². The van der Waals surface area contributed by atoms with Crippen LogP contribution >= 0.6 is 0 Å². The van der Waals surface area contributed by atoms with Crippen molar-refractivity contribution in [3.63, 3.8) is 0 Å². The Balaban J connectivity index is 4.27. The molecular weight excluding hydrogens is 216 g/mol. The zero-order valence-electron chi connectivity index (χ0n) is 8.63. The minimum atomic E-state index is -1.14. The summed E-state index contributed by atoms with van der Waals surface area (Å²) in [6.45, 7) is 4.89. The molecule has 0 atom stereocenters. The molecule has 7 nitrogen and oxygen atoms in total. The Morgan fingerprint density at radius 1 is 1.50 bits per heavy atom. The smallest absolute Gasteiger partial charge is 0.461 e. The number of hydrogen-bond acceptors (Lipinski definition) is 7. The highest BCUT2D eigenvalue weighted by molar-refractivity contribution is 6.42. The first-order chi connectivity index (χ1) is 7.65. The lowest BCUT2D eigenvalue weighted by Gasteiger charge is -1.99. The maximum atomic E-state index is 11.0. The first kappa shape index (κ1) is 13.6. The van der Waals surface area contributed by atoms with Crippen molar-refractivity contribution in [1.29, 1.82) is 5.26 Å². The molecule has 0 aromatic rings. The molecule has 0 heterocycles. The number of carbonyl (C=O) groups excluding carboxylic acids is 2. The number of carbonyl (C=O) groups is 2. The van der Waals surface area contributed by atoms with Gasteiger partial charge in [-0.3, -0.25) is 4.84 Å². The van der Waals surface area contributed by atoms with E-state index < -0.39 is 17.8 Å². The quantitative estimate of drug-likeness (QED) is 0.226. The molecule has 0 fully saturated rings. The van der Waals surface area contributed by atoms with Crippen molar-refractivity contribution < 1.29 is 23.9 Å². The average Bonchev–Trinajstić information content (AvgIpc) is 2.27. The van der Waals surface area contributed by atoms with Gasteiger partial charge in [0.25, 0.3) is 5.71 Å². The van der Waals surface area contributed by atoms with Gasteiger partial charge in [0, 0.05) is 0 Å². The standard InChI is InChI=1S/C9H10N2O5/c1-3-5-15-9(13)16-11-7(6-10)8(12)14-4-2/h3H,1,4-5H2,2H3. The van der Waals surface area contributed by atoms with Crippen LogP contribution in [0.2, 0.25) is 0 Å². The predicted octanol–water partition coefficient (Wildman–Crippen LogP) is 0.768. The van der Waals surface area contributed by atoms with Gasteiger partial charge in [-0.05, 0) is 6.92 Å². The summed E-state index contributed by atoms with van der Waals surface area (Å²) in [6.07, 6.45) is 0.179. The van der Waals surface area contributed by atoms with Crippen LogP contribution in [-0.2, 0) is 19.1 Å². The van der Waals surface area contributed by atoms with Gasteiger partial charge < -0.3 is 9.47 Å². The SMILES string of the molecule is C=CCOC(=O)ON=C(C#N)C(=O)OCC. The number of ether oxygens (including phenoxy) is 2. The number of esters is 1. The van der Waals surface area contributed by atoms with Gasteiger partial charge in [0.05, 0.1) is 6.61 Å². The molecule has 16 heavy (non-hydrogen) atoms. The molecule has 7 heteroatoms. The highest BCUT2D eigenvalue weighted by Gasteiger charge is 2.14. The van der Waals surface area contributed by atoms with E-state index in [1.54, 1.807) is 6.92 Å². The molecule has 86 valence electrons. The van der Waals surface area contributed by atoms with Crippen LogP contribution in [-0.4, -0.2) is 31.1 Å². The van der Waals surface area contributed by atoms with E-state index in [0.717, 1.165) is 0 Å². The Labute approximate surface area is 91.9 Å². The molecule has 0 radical (unpaired) electrons. The zero-order chi connectivity index (χ0) is 12.4. The van der Waals surface area contributed by atoms with E-state index in [4.69, 9.17) is 5.26 Å². The summed E-state index contributed by atoms with van der Waals surface area (Å²) in [5, 5.41) is 11.5. The Morgan fingerprint density at radius 3 is 2.69 bits per heavy atom. The van der Waals surface area contributed by atoms with Crippen LogP contribution in [0.25, 0.3) is 0 Å². The summed E-state index contributed by atoms with van der Waals surface area (Å²) in [7, 11) is 0. The van der Waals surface area contributed by atoms with E-state index >= 15 is 0 Å². The summed E-state index contributed by atoms with van der Waals surface area (Å²) < 4.78 is 8.85. The van der Waals surface area contributed by atoms with Crippen molar-refractivity contribution in [2.45, 2.75) is 6.92 Å². The van der Waals surface area contributed by atoms with Crippen LogP contribution in [0.1, 0.15) is 6.92 Å². The first-order valence-electron chi connectivity index (χ1n) is 4.25. The van der Waals surface area contributed by atoms with Crippen molar-refractivity contribution >= 4 is 17.8 Å². The monoisotopic (exact) mass is 226 g/mol. The van der Waals surface area contributed by atoms with Crippen LogP contribution in [0.4, 0.5) is 4.79 Å². The lowest BCUT2D eigenvalue weighted by atomic mass is 10.4. The molecule has 0 aromatic carbocycles. The molecule has 0 aromatic heterocycles. The Bertz CT molecular complexity index is 342. The third-order valence-corrected chi connectivity index (χ3v) is 1.11. The molecule has 0 unspecified atom stereocenters. The summed E-state index contributed by atoms with van der Waals surface area (Å²) in [4.78, 5) is 25.8. The molecule has 0 aliphatic heterocycles. The number of nitrogens with zero attached hydrogens (tertiary/aromatic N) is 2. The molecular formula is C9H10N2O5. The van der Waals surface area contributed by atoms with E-state index in [1.807, 2.05) is 0 Å². The number of hydrogen-bond donors (Lipinski definition) is 0. The average molecular weight is 226 g/mol. The number of rotatable bonds is 5. The van der Waals surface area contributed by atoms with Gasteiger partial charge in [-0.1, -0.05) is 17.8 Å². The van der Waals surface area contributed by atoms with Crippen LogP contribution in [0.5, 0.6) is 0 Å². The van der Waals surface area contributed by atoms with Crippen molar-refractivity contribution in [3.05, 3.63) is 12.7 Å². The summed E-state index contributed by atoms with van der Waals surface area (Å²) >= 11 is 0. The molecule has 0 aliphatic rings. The lowest BCUT2D eigenvalue weighted by molar-refractivity contribution is -0.135. The van der Waals surface area contributed by atoms with Crippen LogP contribution < -0.4 is 0 Å². The van der Waals surface area contributed by atoms with Gasteiger partial charge in [0.1, 0.15) is 12.7 Å². The third kappa shape index (κ3) is 5.39. The predicted molar refractivity (Wildman–Crippen MR) is 52.3 cm³/mol. The lowest BCUT2D eigenvalue weighted by Crippen LogP contribution is -2.17. The maximum absolute atomic E-state index is 11.0. The molecule has 0 rings (SSSR count). The van der Waals surface area contributed by atoms with E-state index in [2.05, 4.69) is 26.0 Å². The number of nitriles is 1. The zero-order valence-corrected chi connectivity index (χ0v) is 8.63. The maximum Gasteiger partial charge on any atom is 0.535 e. The van der Waals surface area contributed by atoms with Crippen LogP contribution in [0.3, 0.4) is 0 Å². The summed E-state index contributed by atoms with van der Waals surface area (Å²) in [5.74, 6) is -0.971. The second-order valence-corrected chi connectivity index (χ2v) is 2.21. The van der Waals surface area contributed by atoms with Gasteiger partial charge in [0.15, 0.2) is 0 Å². The van der Waals surface area contributed by atoms with Crippen LogP contribution in [0.15, 0.2) is 17.8 Å². The van der Waals surface area contributed by atoms with Gasteiger partial charge in [0.2, 0.25) is 0 Å². The largest absolute Gasteiger partial charge is 0.535 e. The third-order valence-electron chi connectivity index (χ3n) is 1.11. The molecule has 0 aliphatic carbocycles. The molecule has 0 amide bonds. The summed E-state index contributed by atoms with van der Waals surface area (Å²) in [6, 6.07) is 1.42. The van der Waals surface area contributed by atoms with E-state index in [-0.39, 0.29) is 13.2 Å². The van der Waals surface area contributed by atoms with E-state index in [0.29, 0.717) is 0 Å². The summed E-state index contributed by atoms with van der Waals surface area (Å²) in [5.41, 5.74) is -0.669. The highest BCUT2D eigenvalue weighted by Crippen LogP contribution is 1.90. The van der Waals surface area contributed by atoms with Crippen molar-refractivity contribution in [2.24, 2.45) is 5.16 Å². The Morgan fingerprint density at radius 2 is 2.19 bits per heavy atom. The molecule has 0 saturated heterocycles. The fourth-order valence-corrected chi connectivity index (χ4v) is 0.539. The van der Waals surface area contributed by atoms with Crippen molar-refractivity contribution in [3.8, 4) is 6.07 Å². The van der Waals surface area contributed by atoms with E-state index in [1.165, 1.54) is 12.1 Å². The van der Waals surface area contributed by atoms with E-state index in [9.17, 15) is 9.59 Å². The fraction of sp³-hybridized carbons (Fsp3) is 0.333. The van der Waals surface area contributed by atoms with Crippen LogP contribution in [0, 0.1) is 11.3 Å². The normalized spacial score (nSPS) is 9.88. The molecule has 0 saturated carbocycles. The second-order valence-electron chi connectivity index (χ2n) is 2.21. The fourth-order valence-electron chi connectivity index (χ4n) is 0.539. The van der Waals surface area contributed by atoms with Gasteiger partial charge in [-0.25, -0.2) is 9.59 Å². The Kier molecular flexibility index (Phi) is 6.81. The van der Waals surface area contributed by atoms with Crippen molar-refractivity contribution in [2.75, 3.05) is 13.2 Å². The topological polar surface area (TPSA) is 98.0 Å². The minimum absolute atomic E-state index is 0.0599. The minimum Gasteiger partial charge on any atom is -0.461 e. The highest BCUT2D eigenvalue weighted by atomic mass is 16.8. The van der Waals surface area contributed by atoms with Gasteiger partial charge in [-0.2, -0.15) is 5.26 Å². The molecule has 0 N–H and O–H groups in total.